The maximum absolute atomic E-state index is 12.4. The second-order valence-electron chi connectivity index (χ2n) is 6.39. The standard InChI is InChI=1S/C15H22N2O3S/c1-5-20-13(19)11(15(2,3)4)12(18)17-14-16-10(8-21-14)9-6-7-9/h8-9,11H,5-7H2,1-4H3,(H,16,17,18). The molecule has 0 aromatic carbocycles. The second kappa shape index (κ2) is 6.13. The summed E-state index contributed by atoms with van der Waals surface area (Å²) >= 11 is 1.40. The highest BCUT2D eigenvalue weighted by Crippen LogP contribution is 2.41. The number of rotatable bonds is 5. The Morgan fingerprint density at radius 1 is 1.48 bits per heavy atom. The van der Waals surface area contributed by atoms with Gasteiger partial charge in [-0.25, -0.2) is 4.98 Å². The van der Waals surface area contributed by atoms with E-state index >= 15 is 0 Å². The summed E-state index contributed by atoms with van der Waals surface area (Å²) in [5.41, 5.74) is 0.533. The first-order valence-corrected chi connectivity index (χ1v) is 8.13. The van der Waals surface area contributed by atoms with Crippen LogP contribution in [0.4, 0.5) is 5.13 Å². The van der Waals surface area contributed by atoms with Crippen molar-refractivity contribution >= 4 is 28.3 Å². The van der Waals surface area contributed by atoms with Crippen LogP contribution < -0.4 is 5.32 Å². The molecule has 0 saturated heterocycles. The minimum absolute atomic E-state index is 0.266. The average Bonchev–Trinajstić information content (AvgIpc) is 3.09. The lowest BCUT2D eigenvalue weighted by molar-refractivity contribution is -0.155. The quantitative estimate of drug-likeness (QED) is 0.670. The first-order chi connectivity index (χ1) is 9.82. The van der Waals surface area contributed by atoms with Crippen LogP contribution in [0.25, 0.3) is 0 Å². The molecule has 5 nitrogen and oxygen atoms in total. The Morgan fingerprint density at radius 3 is 2.67 bits per heavy atom. The van der Waals surface area contributed by atoms with E-state index in [-0.39, 0.29) is 12.5 Å². The van der Waals surface area contributed by atoms with Crippen LogP contribution >= 0.6 is 11.3 Å². The number of aromatic nitrogens is 1. The summed E-state index contributed by atoms with van der Waals surface area (Å²) in [6, 6.07) is 0. The molecule has 1 aliphatic carbocycles. The SMILES string of the molecule is CCOC(=O)C(C(=O)Nc1nc(C2CC2)cs1)C(C)(C)C. The molecular weight excluding hydrogens is 288 g/mol. The molecule has 116 valence electrons. The van der Waals surface area contributed by atoms with Crippen molar-refractivity contribution in [3.8, 4) is 0 Å². The molecule has 1 aromatic rings. The van der Waals surface area contributed by atoms with E-state index in [2.05, 4.69) is 10.3 Å². The number of hydrogen-bond donors (Lipinski definition) is 1. The first kappa shape index (κ1) is 15.9. The van der Waals surface area contributed by atoms with Crippen LogP contribution in [0.1, 0.15) is 52.1 Å². The molecule has 1 atom stereocenters. The van der Waals surface area contributed by atoms with Crippen LogP contribution in [-0.2, 0) is 14.3 Å². The Balaban J connectivity index is 2.07. The fraction of sp³-hybridized carbons (Fsp3) is 0.667. The van der Waals surface area contributed by atoms with Gasteiger partial charge in [-0.3, -0.25) is 9.59 Å². The monoisotopic (exact) mass is 310 g/mol. The van der Waals surface area contributed by atoms with Crippen LogP contribution in [0.5, 0.6) is 0 Å². The zero-order valence-electron chi connectivity index (χ0n) is 12.9. The summed E-state index contributed by atoms with van der Waals surface area (Å²) in [6.07, 6.45) is 2.34. The van der Waals surface area contributed by atoms with Gasteiger partial charge in [0, 0.05) is 11.3 Å². The molecule has 2 rings (SSSR count). The normalized spacial score (nSPS) is 16.4. The van der Waals surface area contributed by atoms with Crippen molar-refractivity contribution in [1.29, 1.82) is 0 Å². The summed E-state index contributed by atoms with van der Waals surface area (Å²) < 4.78 is 5.03. The highest BCUT2D eigenvalue weighted by Gasteiger charge is 2.39. The van der Waals surface area contributed by atoms with E-state index in [0.29, 0.717) is 11.0 Å². The minimum atomic E-state index is -0.842. The number of nitrogens with zero attached hydrogens (tertiary/aromatic N) is 1. The average molecular weight is 310 g/mol. The van der Waals surface area contributed by atoms with Gasteiger partial charge < -0.3 is 10.1 Å². The van der Waals surface area contributed by atoms with Gasteiger partial charge in [0.2, 0.25) is 5.91 Å². The molecule has 6 heteroatoms. The molecule has 1 N–H and O–H groups in total. The van der Waals surface area contributed by atoms with Crippen molar-refractivity contribution in [1.82, 2.24) is 4.98 Å². The number of thiazole rings is 1. The molecule has 1 fully saturated rings. The molecule has 1 amide bonds. The Labute approximate surface area is 129 Å². The summed E-state index contributed by atoms with van der Waals surface area (Å²) in [7, 11) is 0. The van der Waals surface area contributed by atoms with Gasteiger partial charge in [-0.2, -0.15) is 0 Å². The Hall–Kier alpha value is -1.43. The lowest BCUT2D eigenvalue weighted by Gasteiger charge is -2.27. The van der Waals surface area contributed by atoms with E-state index in [0.717, 1.165) is 5.69 Å². The molecule has 1 aromatic heterocycles. The Morgan fingerprint density at radius 2 is 2.14 bits per heavy atom. The lowest BCUT2D eigenvalue weighted by Crippen LogP contribution is -2.40. The van der Waals surface area contributed by atoms with E-state index in [4.69, 9.17) is 4.74 Å². The van der Waals surface area contributed by atoms with E-state index < -0.39 is 17.3 Å². The molecule has 0 radical (unpaired) electrons. The molecule has 1 saturated carbocycles. The molecule has 0 bridgehead atoms. The summed E-state index contributed by atoms with van der Waals surface area (Å²) in [5, 5.41) is 5.29. The zero-order chi connectivity index (χ0) is 15.6. The van der Waals surface area contributed by atoms with Crippen molar-refractivity contribution < 1.29 is 14.3 Å². The molecule has 1 unspecified atom stereocenters. The van der Waals surface area contributed by atoms with E-state index in [1.54, 1.807) is 6.92 Å². The fourth-order valence-electron chi connectivity index (χ4n) is 2.17. The van der Waals surface area contributed by atoms with Crippen molar-refractivity contribution in [2.24, 2.45) is 11.3 Å². The highest BCUT2D eigenvalue weighted by atomic mass is 32.1. The van der Waals surface area contributed by atoms with Crippen LogP contribution in [0.2, 0.25) is 0 Å². The topological polar surface area (TPSA) is 68.3 Å². The van der Waals surface area contributed by atoms with Gasteiger partial charge in [0.15, 0.2) is 5.13 Å². The predicted molar refractivity (Wildman–Crippen MR) is 82.3 cm³/mol. The largest absolute Gasteiger partial charge is 0.465 e. The van der Waals surface area contributed by atoms with Crippen molar-refractivity contribution in [3.05, 3.63) is 11.1 Å². The number of ether oxygens (including phenoxy) is 1. The summed E-state index contributed by atoms with van der Waals surface area (Å²) in [6.45, 7) is 7.56. The maximum atomic E-state index is 12.4. The number of carbonyl (C=O) groups is 2. The highest BCUT2D eigenvalue weighted by molar-refractivity contribution is 7.13. The smallest absolute Gasteiger partial charge is 0.319 e. The van der Waals surface area contributed by atoms with Gasteiger partial charge in [0.25, 0.3) is 0 Å². The van der Waals surface area contributed by atoms with Crippen molar-refractivity contribution in [2.45, 2.75) is 46.5 Å². The fourth-order valence-corrected chi connectivity index (χ4v) is 2.96. The van der Waals surface area contributed by atoms with Gasteiger partial charge in [-0.05, 0) is 25.2 Å². The van der Waals surface area contributed by atoms with Gasteiger partial charge >= 0.3 is 5.97 Å². The third-order valence-corrected chi connectivity index (χ3v) is 4.17. The first-order valence-electron chi connectivity index (χ1n) is 7.26. The summed E-state index contributed by atoms with van der Waals surface area (Å²) in [4.78, 5) is 28.9. The molecule has 1 heterocycles. The lowest BCUT2D eigenvalue weighted by atomic mass is 9.80. The van der Waals surface area contributed by atoms with Crippen LogP contribution in [0, 0.1) is 11.3 Å². The number of hydrogen-bond acceptors (Lipinski definition) is 5. The van der Waals surface area contributed by atoms with E-state index in [1.165, 1.54) is 24.2 Å². The van der Waals surface area contributed by atoms with Crippen LogP contribution in [0.15, 0.2) is 5.38 Å². The number of esters is 1. The Bertz CT molecular complexity index is 529. The van der Waals surface area contributed by atoms with Crippen molar-refractivity contribution in [2.75, 3.05) is 11.9 Å². The number of carbonyl (C=O) groups excluding carboxylic acids is 2. The number of anilines is 1. The molecular formula is C15H22N2O3S. The maximum Gasteiger partial charge on any atom is 0.319 e. The third kappa shape index (κ3) is 4.03. The molecule has 1 aliphatic rings. The van der Waals surface area contributed by atoms with Crippen LogP contribution in [-0.4, -0.2) is 23.5 Å². The number of nitrogens with one attached hydrogen (secondary N) is 1. The molecule has 0 spiro atoms. The van der Waals surface area contributed by atoms with E-state index in [9.17, 15) is 9.59 Å². The van der Waals surface area contributed by atoms with Crippen LogP contribution in [0.3, 0.4) is 0 Å². The second-order valence-corrected chi connectivity index (χ2v) is 7.25. The van der Waals surface area contributed by atoms with Crippen molar-refractivity contribution in [3.63, 3.8) is 0 Å². The zero-order valence-corrected chi connectivity index (χ0v) is 13.8. The molecule has 21 heavy (non-hydrogen) atoms. The van der Waals surface area contributed by atoms with Gasteiger partial charge in [-0.15, -0.1) is 11.3 Å². The minimum Gasteiger partial charge on any atom is -0.465 e. The van der Waals surface area contributed by atoms with Gasteiger partial charge in [0.05, 0.1) is 12.3 Å². The predicted octanol–water partition coefficient (Wildman–Crippen LogP) is 3.18. The molecule has 0 aliphatic heterocycles. The number of amides is 1. The summed E-state index contributed by atoms with van der Waals surface area (Å²) in [5.74, 6) is -1.12. The van der Waals surface area contributed by atoms with Gasteiger partial charge in [-0.1, -0.05) is 20.8 Å². The Kier molecular flexibility index (Phi) is 4.66. The van der Waals surface area contributed by atoms with E-state index in [1.807, 2.05) is 26.2 Å². The van der Waals surface area contributed by atoms with Gasteiger partial charge in [0.1, 0.15) is 5.92 Å². The third-order valence-electron chi connectivity index (χ3n) is 3.40.